The molecule has 0 fully saturated rings. The van der Waals surface area contributed by atoms with Crippen LogP contribution in [0.3, 0.4) is 0 Å². The Kier molecular flexibility index (Phi) is 4.90. The van der Waals surface area contributed by atoms with E-state index in [2.05, 4.69) is 33.7 Å². The first-order chi connectivity index (χ1) is 9.56. The van der Waals surface area contributed by atoms with Crippen molar-refractivity contribution in [2.24, 2.45) is 0 Å². The summed E-state index contributed by atoms with van der Waals surface area (Å²) < 4.78 is 0. The summed E-state index contributed by atoms with van der Waals surface area (Å²) in [7, 11) is 2.01. The molecule has 0 radical (unpaired) electrons. The van der Waals surface area contributed by atoms with Crippen LogP contribution in [0, 0.1) is 0 Å². The monoisotopic (exact) mass is 290 g/mol. The van der Waals surface area contributed by atoms with Gasteiger partial charge in [0.15, 0.2) is 0 Å². The minimum atomic E-state index is 0.261. The minimum Gasteiger partial charge on any atom is -0.359 e. The maximum absolute atomic E-state index is 6.07. The molecule has 4 nitrogen and oxygen atoms in total. The molecule has 2 rings (SSSR count). The zero-order chi connectivity index (χ0) is 14.5. The highest BCUT2D eigenvalue weighted by molar-refractivity contribution is 6.29. The number of rotatable bonds is 5. The number of hydrogen-bond acceptors (Lipinski definition) is 4. The van der Waals surface area contributed by atoms with Crippen molar-refractivity contribution in [1.29, 1.82) is 0 Å². The first-order valence-electron chi connectivity index (χ1n) is 6.72. The summed E-state index contributed by atoms with van der Waals surface area (Å²) in [5.74, 6) is 1.89. The van der Waals surface area contributed by atoms with Gasteiger partial charge < -0.3 is 4.90 Å². The van der Waals surface area contributed by atoms with E-state index in [1.54, 1.807) is 6.07 Å². The summed E-state index contributed by atoms with van der Waals surface area (Å²) >= 11 is 6.07. The number of hydrogen-bond donors (Lipinski definition) is 0. The van der Waals surface area contributed by atoms with Crippen LogP contribution in [-0.4, -0.2) is 28.5 Å². The van der Waals surface area contributed by atoms with E-state index in [1.807, 2.05) is 31.4 Å². The predicted octanol–water partition coefficient (Wildman–Crippen LogP) is 3.33. The van der Waals surface area contributed by atoms with Crippen LogP contribution in [0.1, 0.15) is 31.3 Å². The predicted molar refractivity (Wildman–Crippen MR) is 82.3 cm³/mol. The Bertz CT molecular complexity index is 557. The molecule has 0 N–H and O–H groups in total. The molecule has 5 heteroatoms. The number of nitrogens with zero attached hydrogens (tertiary/aromatic N) is 4. The fourth-order valence-electron chi connectivity index (χ4n) is 1.82. The lowest BCUT2D eigenvalue weighted by molar-refractivity contribution is 0.758. The van der Waals surface area contributed by atoms with Crippen molar-refractivity contribution in [1.82, 2.24) is 15.0 Å². The molecule has 2 heterocycles. The maximum atomic E-state index is 6.07. The number of pyridine rings is 1. The van der Waals surface area contributed by atoms with E-state index in [1.165, 1.54) is 0 Å². The Morgan fingerprint density at radius 3 is 2.70 bits per heavy atom. The third-order valence-electron chi connectivity index (χ3n) is 3.04. The van der Waals surface area contributed by atoms with Crippen LogP contribution in [-0.2, 0) is 6.42 Å². The second-order valence-electron chi connectivity index (χ2n) is 5.05. The summed E-state index contributed by atoms with van der Waals surface area (Å²) in [6.07, 6.45) is 2.68. The van der Waals surface area contributed by atoms with Crippen molar-refractivity contribution in [3.63, 3.8) is 0 Å². The van der Waals surface area contributed by atoms with Crippen LogP contribution in [0.25, 0.3) is 0 Å². The van der Waals surface area contributed by atoms with Gasteiger partial charge in [-0.25, -0.2) is 9.97 Å². The van der Waals surface area contributed by atoms with E-state index in [9.17, 15) is 0 Å². The van der Waals surface area contributed by atoms with E-state index in [0.717, 1.165) is 30.3 Å². The van der Waals surface area contributed by atoms with Gasteiger partial charge in [0, 0.05) is 43.9 Å². The molecule has 0 aliphatic heterocycles. The van der Waals surface area contributed by atoms with Gasteiger partial charge in [-0.15, -0.1) is 0 Å². The number of anilines is 1. The van der Waals surface area contributed by atoms with E-state index < -0.39 is 0 Å². The molecule has 0 atom stereocenters. The zero-order valence-electron chi connectivity index (χ0n) is 12.0. The van der Waals surface area contributed by atoms with Crippen LogP contribution in [0.4, 0.5) is 5.82 Å². The Labute approximate surface area is 124 Å². The SMILES string of the molecule is CC(C)c1nc(Cl)cc(N(C)CCc2ccccn2)n1. The molecule has 2 aromatic rings. The van der Waals surface area contributed by atoms with Crippen LogP contribution in [0.15, 0.2) is 30.5 Å². The normalized spacial score (nSPS) is 10.8. The second-order valence-corrected chi connectivity index (χ2v) is 5.44. The fraction of sp³-hybridized carbons (Fsp3) is 0.400. The molecule has 0 aromatic carbocycles. The van der Waals surface area contributed by atoms with Crippen molar-refractivity contribution in [2.45, 2.75) is 26.2 Å². The van der Waals surface area contributed by atoms with E-state index in [-0.39, 0.29) is 5.92 Å². The molecule has 106 valence electrons. The number of halogens is 1. The number of aromatic nitrogens is 3. The van der Waals surface area contributed by atoms with Gasteiger partial charge in [-0.2, -0.15) is 0 Å². The van der Waals surface area contributed by atoms with Crippen LogP contribution < -0.4 is 4.90 Å². The van der Waals surface area contributed by atoms with Crippen molar-refractivity contribution in [3.8, 4) is 0 Å². The quantitative estimate of drug-likeness (QED) is 0.792. The molecule has 2 aromatic heterocycles. The van der Waals surface area contributed by atoms with E-state index in [4.69, 9.17) is 11.6 Å². The third-order valence-corrected chi connectivity index (χ3v) is 3.23. The molecular formula is C15H19ClN4. The highest BCUT2D eigenvalue weighted by atomic mass is 35.5. The summed E-state index contributed by atoms with van der Waals surface area (Å²) in [6, 6.07) is 7.75. The van der Waals surface area contributed by atoms with Crippen LogP contribution in [0.2, 0.25) is 5.15 Å². The first kappa shape index (κ1) is 14.7. The standard InChI is InChI=1S/C15H19ClN4/c1-11(2)15-18-13(16)10-14(19-15)20(3)9-7-12-6-4-5-8-17-12/h4-6,8,10-11H,7,9H2,1-3H3. The highest BCUT2D eigenvalue weighted by Gasteiger charge is 2.10. The van der Waals surface area contributed by atoms with Gasteiger partial charge in [-0.05, 0) is 12.1 Å². The summed E-state index contributed by atoms with van der Waals surface area (Å²) in [5, 5.41) is 0.489. The van der Waals surface area contributed by atoms with Crippen molar-refractivity contribution in [2.75, 3.05) is 18.5 Å². The van der Waals surface area contributed by atoms with Gasteiger partial charge in [-0.3, -0.25) is 4.98 Å². The van der Waals surface area contributed by atoms with Gasteiger partial charge in [-0.1, -0.05) is 31.5 Å². The molecule has 0 aliphatic carbocycles. The fourth-order valence-corrected chi connectivity index (χ4v) is 2.00. The lowest BCUT2D eigenvalue weighted by Crippen LogP contribution is -2.22. The molecular weight excluding hydrogens is 272 g/mol. The molecule has 0 spiro atoms. The molecule has 0 aliphatic rings. The van der Waals surface area contributed by atoms with Gasteiger partial charge in [0.1, 0.15) is 16.8 Å². The Balaban J connectivity index is 2.07. The van der Waals surface area contributed by atoms with Crippen molar-refractivity contribution < 1.29 is 0 Å². The average molecular weight is 291 g/mol. The molecule has 20 heavy (non-hydrogen) atoms. The van der Waals surface area contributed by atoms with Gasteiger partial charge in [0.2, 0.25) is 0 Å². The minimum absolute atomic E-state index is 0.261. The smallest absolute Gasteiger partial charge is 0.135 e. The topological polar surface area (TPSA) is 41.9 Å². The van der Waals surface area contributed by atoms with Gasteiger partial charge in [0.05, 0.1) is 0 Å². The number of likely N-dealkylation sites (N-methyl/N-ethyl adjacent to an activating group) is 1. The lowest BCUT2D eigenvalue weighted by atomic mass is 10.2. The Hall–Kier alpha value is -1.68. The lowest BCUT2D eigenvalue weighted by Gasteiger charge is -2.19. The zero-order valence-corrected chi connectivity index (χ0v) is 12.8. The maximum Gasteiger partial charge on any atom is 0.135 e. The van der Waals surface area contributed by atoms with E-state index in [0.29, 0.717) is 5.15 Å². The summed E-state index contributed by atoms with van der Waals surface area (Å²) in [6.45, 7) is 4.95. The summed E-state index contributed by atoms with van der Waals surface area (Å²) in [5.41, 5.74) is 1.07. The van der Waals surface area contributed by atoms with Crippen LogP contribution >= 0.6 is 11.6 Å². The summed E-state index contributed by atoms with van der Waals surface area (Å²) in [4.78, 5) is 15.2. The van der Waals surface area contributed by atoms with Gasteiger partial charge >= 0.3 is 0 Å². The largest absolute Gasteiger partial charge is 0.359 e. The third kappa shape index (κ3) is 3.90. The molecule has 0 unspecified atom stereocenters. The van der Waals surface area contributed by atoms with Crippen molar-refractivity contribution >= 4 is 17.4 Å². The molecule has 0 amide bonds. The second kappa shape index (κ2) is 6.66. The van der Waals surface area contributed by atoms with Gasteiger partial charge in [0.25, 0.3) is 0 Å². The molecule has 0 bridgehead atoms. The van der Waals surface area contributed by atoms with Crippen LogP contribution in [0.5, 0.6) is 0 Å². The molecule has 0 saturated heterocycles. The Morgan fingerprint density at radius 2 is 2.05 bits per heavy atom. The molecule has 0 saturated carbocycles. The van der Waals surface area contributed by atoms with Crippen molar-refractivity contribution in [3.05, 3.63) is 47.1 Å². The first-order valence-corrected chi connectivity index (χ1v) is 7.09. The van der Waals surface area contributed by atoms with E-state index >= 15 is 0 Å². The Morgan fingerprint density at radius 1 is 1.25 bits per heavy atom. The average Bonchev–Trinajstić information content (AvgIpc) is 2.45. The highest BCUT2D eigenvalue weighted by Crippen LogP contribution is 2.19.